The highest BCUT2D eigenvalue weighted by molar-refractivity contribution is 6.14. The van der Waals surface area contributed by atoms with E-state index in [1.165, 1.54) is 24.3 Å². The van der Waals surface area contributed by atoms with Crippen LogP contribution in [0.15, 0.2) is 71.8 Å². The van der Waals surface area contributed by atoms with Gasteiger partial charge in [-0.25, -0.2) is 17.6 Å². The number of halogens is 4. The normalized spacial score (nSPS) is 17.5. The molecular formula is C31H28F4N2O2. The third-order valence-corrected chi connectivity index (χ3v) is 6.68. The van der Waals surface area contributed by atoms with Crippen molar-refractivity contribution in [3.8, 4) is 0 Å². The first-order valence-corrected chi connectivity index (χ1v) is 12.7. The molecule has 8 heteroatoms. The van der Waals surface area contributed by atoms with Gasteiger partial charge in [-0.05, 0) is 98.5 Å². The zero-order valence-corrected chi connectivity index (χ0v) is 21.6. The summed E-state index contributed by atoms with van der Waals surface area (Å²) >= 11 is 0. The zero-order valence-electron chi connectivity index (χ0n) is 21.6. The van der Waals surface area contributed by atoms with E-state index in [0.29, 0.717) is 5.56 Å². The summed E-state index contributed by atoms with van der Waals surface area (Å²) in [4.78, 5) is 28.5. The maximum Gasteiger partial charge on any atom is 0.251 e. The standard InChI is InChI=1S/C31H28F4N2O2/c1-3-37(4-2)25-9-7-21(8-10-25)31(39)36-24-17-22(13-19-5-11-26(32)28(34)15-19)30(38)23(18-24)14-20-6-12-27(33)29(35)16-20/h5-16,24H,3-4,17-18H2,1-2H3,(H,36,39)/b22-13+,23-14+. The Kier molecular flexibility index (Phi) is 8.64. The van der Waals surface area contributed by atoms with E-state index in [0.717, 1.165) is 43.0 Å². The van der Waals surface area contributed by atoms with Crippen molar-refractivity contribution < 1.29 is 27.2 Å². The Hall–Kier alpha value is -4.20. The van der Waals surface area contributed by atoms with Gasteiger partial charge in [-0.3, -0.25) is 9.59 Å². The molecule has 3 aromatic carbocycles. The molecule has 0 aliphatic heterocycles. The molecule has 1 aliphatic carbocycles. The number of benzene rings is 3. The second-order valence-corrected chi connectivity index (χ2v) is 9.31. The number of ketones is 1. The number of carbonyl (C=O) groups excluding carboxylic acids is 2. The van der Waals surface area contributed by atoms with Gasteiger partial charge in [-0.1, -0.05) is 12.1 Å². The first-order valence-electron chi connectivity index (χ1n) is 12.7. The van der Waals surface area contributed by atoms with Gasteiger partial charge in [0.25, 0.3) is 5.91 Å². The molecular weight excluding hydrogens is 508 g/mol. The topological polar surface area (TPSA) is 49.4 Å². The van der Waals surface area contributed by atoms with Crippen molar-refractivity contribution in [2.75, 3.05) is 18.0 Å². The lowest BCUT2D eigenvalue weighted by Gasteiger charge is -2.27. The number of rotatable bonds is 7. The first kappa shape index (κ1) is 27.8. The summed E-state index contributed by atoms with van der Waals surface area (Å²) in [6.45, 7) is 5.76. The number of nitrogens with zero attached hydrogens (tertiary/aromatic N) is 1. The van der Waals surface area contributed by atoms with Crippen LogP contribution in [0.3, 0.4) is 0 Å². The Morgan fingerprint density at radius 3 is 1.72 bits per heavy atom. The molecule has 0 spiro atoms. The number of amides is 1. The van der Waals surface area contributed by atoms with Crippen LogP contribution >= 0.6 is 0 Å². The van der Waals surface area contributed by atoms with Crippen molar-refractivity contribution in [2.24, 2.45) is 0 Å². The van der Waals surface area contributed by atoms with Crippen LogP contribution in [0.25, 0.3) is 12.2 Å². The molecule has 0 atom stereocenters. The van der Waals surface area contributed by atoms with Crippen molar-refractivity contribution in [1.82, 2.24) is 5.32 Å². The van der Waals surface area contributed by atoms with Crippen LogP contribution in [-0.4, -0.2) is 30.8 Å². The molecule has 202 valence electrons. The summed E-state index contributed by atoms with van der Waals surface area (Å²) in [7, 11) is 0. The Morgan fingerprint density at radius 1 is 0.795 bits per heavy atom. The van der Waals surface area contributed by atoms with Gasteiger partial charge in [0.2, 0.25) is 0 Å². The van der Waals surface area contributed by atoms with Crippen molar-refractivity contribution in [2.45, 2.75) is 32.7 Å². The highest BCUT2D eigenvalue weighted by Gasteiger charge is 2.29. The molecule has 1 saturated carbocycles. The van der Waals surface area contributed by atoms with Crippen LogP contribution in [-0.2, 0) is 4.79 Å². The number of hydrogen-bond acceptors (Lipinski definition) is 3. The Morgan fingerprint density at radius 2 is 1.28 bits per heavy atom. The van der Waals surface area contributed by atoms with Crippen LogP contribution < -0.4 is 10.2 Å². The highest BCUT2D eigenvalue weighted by Crippen LogP contribution is 2.30. The van der Waals surface area contributed by atoms with Crippen LogP contribution in [0.4, 0.5) is 23.2 Å². The number of Topliss-reactive ketones (excluding diaryl/α,β-unsaturated/α-hetero) is 1. The molecule has 1 amide bonds. The molecule has 1 N–H and O–H groups in total. The SMILES string of the molecule is CCN(CC)c1ccc(C(=O)NC2C/C(=C\c3ccc(F)c(F)c3)C(=O)/C(=C/c3ccc(F)c(F)c3)C2)cc1. The maximum atomic E-state index is 13.8. The van der Waals surface area contributed by atoms with E-state index in [1.807, 2.05) is 26.0 Å². The molecule has 4 rings (SSSR count). The molecule has 3 aromatic rings. The van der Waals surface area contributed by atoms with Crippen molar-refractivity contribution >= 4 is 29.5 Å². The van der Waals surface area contributed by atoms with Gasteiger partial charge in [0, 0.05) is 41.5 Å². The fourth-order valence-electron chi connectivity index (χ4n) is 4.63. The molecule has 0 saturated heterocycles. The predicted molar refractivity (Wildman–Crippen MR) is 144 cm³/mol. The second-order valence-electron chi connectivity index (χ2n) is 9.31. The molecule has 39 heavy (non-hydrogen) atoms. The third-order valence-electron chi connectivity index (χ3n) is 6.68. The van der Waals surface area contributed by atoms with E-state index in [-0.39, 0.29) is 46.8 Å². The van der Waals surface area contributed by atoms with Crippen molar-refractivity contribution in [1.29, 1.82) is 0 Å². The van der Waals surface area contributed by atoms with Crippen LogP contribution in [0.2, 0.25) is 0 Å². The van der Waals surface area contributed by atoms with E-state index < -0.39 is 29.3 Å². The van der Waals surface area contributed by atoms with Crippen LogP contribution in [0.5, 0.6) is 0 Å². The molecule has 0 unspecified atom stereocenters. The lowest BCUT2D eigenvalue weighted by Crippen LogP contribution is -2.39. The second kappa shape index (κ2) is 12.1. The maximum absolute atomic E-state index is 13.8. The van der Waals surface area contributed by atoms with E-state index in [9.17, 15) is 27.2 Å². The summed E-state index contributed by atoms with van der Waals surface area (Å²) in [5.74, 6) is -4.84. The molecule has 0 heterocycles. The van der Waals surface area contributed by atoms with E-state index in [1.54, 1.807) is 12.1 Å². The van der Waals surface area contributed by atoms with E-state index in [4.69, 9.17) is 0 Å². The van der Waals surface area contributed by atoms with Gasteiger partial charge < -0.3 is 10.2 Å². The van der Waals surface area contributed by atoms with Gasteiger partial charge in [-0.2, -0.15) is 0 Å². The molecule has 4 nitrogen and oxygen atoms in total. The molecule has 0 radical (unpaired) electrons. The van der Waals surface area contributed by atoms with E-state index in [2.05, 4.69) is 10.2 Å². The Bertz CT molecular complexity index is 1370. The van der Waals surface area contributed by atoms with Gasteiger partial charge >= 0.3 is 0 Å². The molecule has 1 fully saturated rings. The highest BCUT2D eigenvalue weighted by atomic mass is 19.2. The largest absolute Gasteiger partial charge is 0.372 e. The smallest absolute Gasteiger partial charge is 0.251 e. The summed E-state index contributed by atoms with van der Waals surface area (Å²) in [6.07, 6.45) is 3.19. The third kappa shape index (κ3) is 6.63. The summed E-state index contributed by atoms with van der Waals surface area (Å²) in [5.41, 5.74) is 2.53. The van der Waals surface area contributed by atoms with Gasteiger partial charge in [0.05, 0.1) is 0 Å². The van der Waals surface area contributed by atoms with Gasteiger partial charge in [0.1, 0.15) is 0 Å². The average molecular weight is 537 g/mol. The summed E-state index contributed by atoms with van der Waals surface area (Å²) in [6, 6.07) is 13.3. The van der Waals surface area contributed by atoms with Crippen LogP contribution in [0.1, 0.15) is 48.2 Å². The summed E-state index contributed by atoms with van der Waals surface area (Å²) < 4.78 is 54.4. The minimum Gasteiger partial charge on any atom is -0.372 e. The van der Waals surface area contributed by atoms with E-state index >= 15 is 0 Å². The zero-order chi connectivity index (χ0) is 28.1. The summed E-state index contributed by atoms with van der Waals surface area (Å²) in [5, 5.41) is 2.95. The van der Waals surface area contributed by atoms with Crippen molar-refractivity contribution in [3.63, 3.8) is 0 Å². The average Bonchev–Trinajstić information content (AvgIpc) is 2.92. The number of hydrogen-bond donors (Lipinski definition) is 1. The number of anilines is 1. The Balaban J connectivity index is 1.63. The minimum absolute atomic E-state index is 0.149. The quantitative estimate of drug-likeness (QED) is 0.270. The van der Waals surface area contributed by atoms with Crippen molar-refractivity contribution in [3.05, 3.63) is 112 Å². The lowest BCUT2D eigenvalue weighted by molar-refractivity contribution is -0.113. The van der Waals surface area contributed by atoms with Gasteiger partial charge in [0.15, 0.2) is 29.1 Å². The number of nitrogens with one attached hydrogen (secondary N) is 1. The lowest BCUT2D eigenvalue weighted by atomic mass is 9.83. The minimum atomic E-state index is -1.05. The van der Waals surface area contributed by atoms with Gasteiger partial charge in [-0.15, -0.1) is 0 Å². The molecule has 0 bridgehead atoms. The molecule has 0 aromatic heterocycles. The van der Waals surface area contributed by atoms with Crippen LogP contribution in [0, 0.1) is 23.3 Å². The monoisotopic (exact) mass is 536 g/mol. The predicted octanol–water partition coefficient (Wildman–Crippen LogP) is 6.72. The fourth-order valence-corrected chi connectivity index (χ4v) is 4.63. The first-order chi connectivity index (χ1) is 18.7. The molecule has 1 aliphatic rings. The Labute approximate surface area is 224 Å². The number of carbonyl (C=O) groups is 2. The fraction of sp³-hybridized carbons (Fsp3) is 0.226.